The number of aryl methyl sites for hydroxylation is 1. The largest absolute Gasteiger partial charge is 0.332 e. The predicted molar refractivity (Wildman–Crippen MR) is 46.3 cm³/mol. The molecule has 0 aliphatic heterocycles. The van der Waals surface area contributed by atoms with Crippen LogP contribution in [-0.2, 0) is 0 Å². The molecular formula is C7H6BrN3. The lowest BCUT2D eigenvalue weighted by Crippen LogP contribution is -1.80. The lowest BCUT2D eigenvalue weighted by Gasteiger charge is -1.89. The molecule has 56 valence electrons. The Hall–Kier alpha value is -0.900. The van der Waals surface area contributed by atoms with Gasteiger partial charge in [-0.25, -0.2) is 4.98 Å². The van der Waals surface area contributed by atoms with Crippen LogP contribution in [0.3, 0.4) is 0 Å². The van der Waals surface area contributed by atoms with Gasteiger partial charge in [0.25, 0.3) is 0 Å². The number of aromatic nitrogens is 3. The van der Waals surface area contributed by atoms with Gasteiger partial charge in [0.2, 0.25) is 0 Å². The zero-order valence-electron chi connectivity index (χ0n) is 5.93. The van der Waals surface area contributed by atoms with Gasteiger partial charge in [0, 0.05) is 6.20 Å². The molecule has 0 fully saturated rings. The number of hydrogen-bond donors (Lipinski definition) is 1. The van der Waals surface area contributed by atoms with Crippen molar-refractivity contribution < 1.29 is 0 Å². The predicted octanol–water partition coefficient (Wildman–Crippen LogP) is 2.03. The first kappa shape index (κ1) is 6.79. The molecule has 0 saturated carbocycles. The number of nitrogens with zero attached hydrogens (tertiary/aromatic N) is 2. The minimum Gasteiger partial charge on any atom is -0.332 e. The van der Waals surface area contributed by atoms with Gasteiger partial charge >= 0.3 is 0 Å². The molecule has 3 nitrogen and oxygen atoms in total. The maximum atomic E-state index is 4.21. The first-order chi connectivity index (χ1) is 5.27. The van der Waals surface area contributed by atoms with E-state index >= 15 is 0 Å². The fraction of sp³-hybridized carbons (Fsp3) is 0.143. The maximum absolute atomic E-state index is 4.21. The second kappa shape index (κ2) is 2.30. The number of imidazole rings is 1. The van der Waals surface area contributed by atoms with Crippen LogP contribution in [0.2, 0.25) is 0 Å². The number of fused-ring (bicyclic) bond motifs is 1. The number of rotatable bonds is 0. The van der Waals surface area contributed by atoms with Crippen LogP contribution in [0.5, 0.6) is 0 Å². The molecule has 4 heteroatoms. The molecule has 0 atom stereocenters. The van der Waals surface area contributed by atoms with E-state index < -0.39 is 0 Å². The average molecular weight is 212 g/mol. The van der Waals surface area contributed by atoms with E-state index in [1.807, 2.05) is 13.0 Å². The molecule has 2 rings (SSSR count). The van der Waals surface area contributed by atoms with E-state index in [2.05, 4.69) is 30.9 Å². The highest BCUT2D eigenvalue weighted by atomic mass is 79.9. The Morgan fingerprint density at radius 1 is 1.55 bits per heavy atom. The number of H-pyrrole nitrogens is 1. The van der Waals surface area contributed by atoms with Crippen LogP contribution in [-0.4, -0.2) is 15.0 Å². The van der Waals surface area contributed by atoms with Gasteiger partial charge in [-0.15, -0.1) is 0 Å². The molecule has 0 saturated heterocycles. The lowest BCUT2D eigenvalue weighted by atomic mass is 10.3. The van der Waals surface area contributed by atoms with E-state index in [9.17, 15) is 0 Å². The summed E-state index contributed by atoms with van der Waals surface area (Å²) in [5.41, 5.74) is 2.90. The van der Waals surface area contributed by atoms with E-state index in [0.717, 1.165) is 21.5 Å². The van der Waals surface area contributed by atoms with Crippen molar-refractivity contribution in [2.75, 3.05) is 0 Å². The molecule has 2 aromatic rings. The van der Waals surface area contributed by atoms with Crippen molar-refractivity contribution in [3.63, 3.8) is 0 Å². The van der Waals surface area contributed by atoms with E-state index in [4.69, 9.17) is 0 Å². The zero-order chi connectivity index (χ0) is 7.84. The van der Waals surface area contributed by atoms with Gasteiger partial charge in [-0.05, 0) is 28.9 Å². The molecule has 2 aromatic heterocycles. The average Bonchev–Trinajstić information content (AvgIpc) is 2.31. The lowest BCUT2D eigenvalue weighted by molar-refractivity contribution is 1.21. The minimum atomic E-state index is 0.753. The maximum Gasteiger partial charge on any atom is 0.175 e. The third kappa shape index (κ3) is 1.03. The molecule has 0 amide bonds. The Morgan fingerprint density at radius 2 is 2.36 bits per heavy atom. The molecule has 0 bridgehead atoms. The number of hydrogen-bond acceptors (Lipinski definition) is 2. The molecule has 1 N–H and O–H groups in total. The molecule has 0 spiro atoms. The normalized spacial score (nSPS) is 10.7. The topological polar surface area (TPSA) is 41.6 Å². The Bertz CT molecular complexity index is 393. The third-order valence-electron chi connectivity index (χ3n) is 1.55. The molecule has 0 aliphatic rings. The third-order valence-corrected chi connectivity index (χ3v) is 1.93. The van der Waals surface area contributed by atoms with Crippen LogP contribution < -0.4 is 0 Å². The summed E-state index contributed by atoms with van der Waals surface area (Å²) in [5, 5.41) is 0. The van der Waals surface area contributed by atoms with Crippen molar-refractivity contribution in [2.45, 2.75) is 6.92 Å². The molecule has 0 aliphatic carbocycles. The van der Waals surface area contributed by atoms with E-state index in [1.54, 1.807) is 6.20 Å². The monoisotopic (exact) mass is 211 g/mol. The Balaban J connectivity index is 2.90. The number of nitrogens with one attached hydrogen (secondary N) is 1. The van der Waals surface area contributed by atoms with Gasteiger partial charge < -0.3 is 4.98 Å². The molecule has 0 unspecified atom stereocenters. The highest BCUT2D eigenvalue weighted by Crippen LogP contribution is 2.15. The summed E-state index contributed by atoms with van der Waals surface area (Å²) in [4.78, 5) is 11.4. The van der Waals surface area contributed by atoms with Gasteiger partial charge in [0.05, 0.1) is 11.2 Å². The van der Waals surface area contributed by atoms with Crippen molar-refractivity contribution in [1.82, 2.24) is 15.0 Å². The Kier molecular flexibility index (Phi) is 1.42. The Morgan fingerprint density at radius 3 is 3.09 bits per heavy atom. The van der Waals surface area contributed by atoms with Crippen LogP contribution in [0, 0.1) is 6.92 Å². The van der Waals surface area contributed by atoms with Crippen molar-refractivity contribution in [3.05, 3.63) is 22.7 Å². The van der Waals surface area contributed by atoms with E-state index in [0.29, 0.717) is 0 Å². The van der Waals surface area contributed by atoms with Gasteiger partial charge in [0.15, 0.2) is 4.73 Å². The molecular weight excluding hydrogens is 206 g/mol. The van der Waals surface area contributed by atoms with E-state index in [1.165, 1.54) is 0 Å². The van der Waals surface area contributed by atoms with Crippen LogP contribution in [0.15, 0.2) is 17.0 Å². The van der Waals surface area contributed by atoms with Crippen LogP contribution in [0.25, 0.3) is 11.0 Å². The van der Waals surface area contributed by atoms with Gasteiger partial charge in [-0.3, -0.25) is 4.98 Å². The summed E-state index contributed by atoms with van der Waals surface area (Å²) >= 11 is 3.26. The highest BCUT2D eigenvalue weighted by Gasteiger charge is 2.01. The summed E-state index contributed by atoms with van der Waals surface area (Å²) < 4.78 is 0.753. The number of halogens is 1. The van der Waals surface area contributed by atoms with Gasteiger partial charge in [0.1, 0.15) is 5.52 Å². The van der Waals surface area contributed by atoms with Crippen molar-refractivity contribution in [2.24, 2.45) is 0 Å². The number of aromatic amines is 1. The summed E-state index contributed by atoms with van der Waals surface area (Å²) in [6, 6.07) is 1.90. The molecule has 11 heavy (non-hydrogen) atoms. The minimum absolute atomic E-state index is 0.753. The zero-order valence-corrected chi connectivity index (χ0v) is 7.51. The first-order valence-corrected chi connectivity index (χ1v) is 4.03. The summed E-state index contributed by atoms with van der Waals surface area (Å²) in [6.07, 6.45) is 1.77. The van der Waals surface area contributed by atoms with Crippen LogP contribution >= 0.6 is 15.9 Å². The highest BCUT2D eigenvalue weighted by molar-refractivity contribution is 9.10. The van der Waals surface area contributed by atoms with Crippen molar-refractivity contribution >= 4 is 27.0 Å². The van der Waals surface area contributed by atoms with Crippen molar-refractivity contribution in [3.8, 4) is 0 Å². The van der Waals surface area contributed by atoms with Crippen molar-refractivity contribution in [1.29, 1.82) is 0 Å². The number of pyridine rings is 1. The molecule has 2 heterocycles. The first-order valence-electron chi connectivity index (χ1n) is 3.24. The fourth-order valence-electron chi connectivity index (χ4n) is 1.04. The van der Waals surface area contributed by atoms with Gasteiger partial charge in [-0.1, -0.05) is 0 Å². The van der Waals surface area contributed by atoms with Crippen LogP contribution in [0.1, 0.15) is 5.69 Å². The summed E-state index contributed by atoms with van der Waals surface area (Å²) in [5.74, 6) is 0. The SMILES string of the molecule is Cc1nccc2[nH]c(Br)nc12. The Labute approximate surface area is 72.0 Å². The van der Waals surface area contributed by atoms with E-state index in [-0.39, 0.29) is 0 Å². The quantitative estimate of drug-likeness (QED) is 0.725. The summed E-state index contributed by atoms with van der Waals surface area (Å²) in [7, 11) is 0. The fourth-order valence-corrected chi connectivity index (χ4v) is 1.43. The van der Waals surface area contributed by atoms with Gasteiger partial charge in [-0.2, -0.15) is 0 Å². The van der Waals surface area contributed by atoms with Crippen LogP contribution in [0.4, 0.5) is 0 Å². The molecule has 0 radical (unpaired) electrons. The summed E-state index contributed by atoms with van der Waals surface area (Å²) in [6.45, 7) is 1.94. The standard InChI is InChI=1S/C7H6BrN3/c1-4-6-5(2-3-9-4)10-7(8)11-6/h2-3H,1H3,(H,10,11). The second-order valence-electron chi connectivity index (χ2n) is 2.32. The molecule has 0 aromatic carbocycles. The smallest absolute Gasteiger partial charge is 0.175 e. The second-order valence-corrected chi connectivity index (χ2v) is 3.07.